The molecule has 10 heteroatoms. The van der Waals surface area contributed by atoms with Crippen molar-refractivity contribution >= 4 is 41.1 Å². The number of hydrogen-bond donors (Lipinski definition) is 3. The van der Waals surface area contributed by atoms with E-state index in [4.69, 9.17) is 22.1 Å². The third-order valence-corrected chi connectivity index (χ3v) is 7.10. The van der Waals surface area contributed by atoms with Gasteiger partial charge in [-0.15, -0.1) is 0 Å². The first-order chi connectivity index (χ1) is 18.8. The minimum absolute atomic E-state index is 0.0392. The number of amides is 4. The molecule has 9 nitrogen and oxygen atoms in total. The number of ether oxygens (including phenoxy) is 1. The van der Waals surface area contributed by atoms with Crippen LogP contribution in [0.1, 0.15) is 75.6 Å². The zero-order chi connectivity index (χ0) is 29.6. The van der Waals surface area contributed by atoms with Gasteiger partial charge in [0.25, 0.3) is 5.91 Å². The average Bonchev–Trinajstić information content (AvgIpc) is 2.82. The van der Waals surface area contributed by atoms with Crippen LogP contribution in [-0.2, 0) is 19.1 Å². The number of alkyl carbamates (subject to hydrolysis) is 1. The molecule has 40 heavy (non-hydrogen) atoms. The van der Waals surface area contributed by atoms with Gasteiger partial charge < -0.3 is 26.0 Å². The van der Waals surface area contributed by atoms with Crippen molar-refractivity contribution in [2.45, 2.75) is 90.4 Å². The fourth-order valence-electron chi connectivity index (χ4n) is 4.53. The van der Waals surface area contributed by atoms with Crippen LogP contribution in [0.15, 0.2) is 42.5 Å². The lowest BCUT2D eigenvalue weighted by molar-refractivity contribution is -0.146. The van der Waals surface area contributed by atoms with Gasteiger partial charge in [0.2, 0.25) is 11.8 Å². The Balaban J connectivity index is 2.04. The summed E-state index contributed by atoms with van der Waals surface area (Å²) in [6.07, 6.45) is 1.31. The number of rotatable bonds is 10. The molecule has 0 aliphatic heterocycles. The summed E-state index contributed by atoms with van der Waals surface area (Å²) >= 11 is 6.42. The van der Waals surface area contributed by atoms with Crippen LogP contribution in [0, 0.1) is 13.8 Å². The molecule has 1 saturated carbocycles. The highest BCUT2D eigenvalue weighted by atomic mass is 35.5. The summed E-state index contributed by atoms with van der Waals surface area (Å²) in [4.78, 5) is 54.2. The lowest BCUT2D eigenvalue weighted by Crippen LogP contribution is -2.57. The normalized spacial score (nSPS) is 14.8. The van der Waals surface area contributed by atoms with Crippen LogP contribution in [0.25, 0.3) is 0 Å². The summed E-state index contributed by atoms with van der Waals surface area (Å²) < 4.78 is 5.39. The molecule has 2 aromatic rings. The number of hydrogen-bond acceptors (Lipinski definition) is 5. The number of para-hydroxylation sites is 1. The van der Waals surface area contributed by atoms with Gasteiger partial charge in [-0.2, -0.15) is 0 Å². The highest BCUT2D eigenvalue weighted by Gasteiger charge is 2.42. The number of aryl methyl sites for hydroxylation is 2. The summed E-state index contributed by atoms with van der Waals surface area (Å²) in [6.45, 7) is 8.90. The van der Waals surface area contributed by atoms with Crippen molar-refractivity contribution in [3.05, 3.63) is 64.2 Å². The second-order valence-electron chi connectivity index (χ2n) is 11.3. The number of nitrogens with zero attached hydrogens (tertiary/aromatic N) is 1. The molecule has 0 aromatic heterocycles. The average molecular weight is 571 g/mol. The van der Waals surface area contributed by atoms with Crippen molar-refractivity contribution in [1.82, 2.24) is 10.2 Å². The zero-order valence-electron chi connectivity index (χ0n) is 23.8. The Morgan fingerprint density at radius 1 is 1.07 bits per heavy atom. The van der Waals surface area contributed by atoms with E-state index in [-0.39, 0.29) is 18.9 Å². The molecule has 4 amide bonds. The monoisotopic (exact) mass is 570 g/mol. The fraction of sp³-hybridized carbons (Fsp3) is 0.467. The van der Waals surface area contributed by atoms with Gasteiger partial charge in [-0.1, -0.05) is 53.6 Å². The molecule has 1 aliphatic rings. The summed E-state index contributed by atoms with van der Waals surface area (Å²) in [5, 5.41) is 5.94. The van der Waals surface area contributed by atoms with Crippen molar-refractivity contribution < 1.29 is 23.9 Å². The Labute approximate surface area is 240 Å². The van der Waals surface area contributed by atoms with E-state index in [0.717, 1.165) is 17.5 Å². The van der Waals surface area contributed by atoms with Crippen LogP contribution in [0.2, 0.25) is 5.02 Å². The number of primary amides is 1. The smallest absolute Gasteiger partial charge is 0.408 e. The first-order valence-electron chi connectivity index (χ1n) is 13.5. The Hall–Kier alpha value is -3.59. The van der Waals surface area contributed by atoms with E-state index in [9.17, 15) is 19.2 Å². The standard InChI is InChI=1S/C30H39ClN4O5/c1-18-12-14-20(15-13-18)26(27(37)34-25-19(2)8-6-11-22(25)31)35(21-9-7-10-21)28(38)23(16-17-24(32)36)33-29(39)40-30(3,4)5/h6,8,11-15,21,23,26H,7,9-10,16-17H2,1-5H3,(H2,32,36)(H,33,39)(H,34,37). The van der Waals surface area contributed by atoms with Crippen molar-refractivity contribution in [1.29, 1.82) is 0 Å². The van der Waals surface area contributed by atoms with E-state index in [2.05, 4.69) is 10.6 Å². The summed E-state index contributed by atoms with van der Waals surface area (Å²) in [5.41, 5.74) is 7.43. The topological polar surface area (TPSA) is 131 Å². The second kappa shape index (κ2) is 13.2. The van der Waals surface area contributed by atoms with E-state index >= 15 is 0 Å². The molecular weight excluding hydrogens is 532 g/mol. The van der Waals surface area contributed by atoms with Crippen LogP contribution in [0.3, 0.4) is 0 Å². The van der Waals surface area contributed by atoms with Crippen molar-refractivity contribution in [3.8, 4) is 0 Å². The first-order valence-corrected chi connectivity index (χ1v) is 13.9. The Morgan fingerprint density at radius 2 is 1.73 bits per heavy atom. The molecule has 3 rings (SSSR count). The molecule has 2 unspecified atom stereocenters. The maximum atomic E-state index is 14.3. The van der Waals surface area contributed by atoms with Crippen molar-refractivity contribution in [2.24, 2.45) is 5.73 Å². The van der Waals surface area contributed by atoms with Gasteiger partial charge >= 0.3 is 6.09 Å². The van der Waals surface area contributed by atoms with Gasteiger partial charge in [0, 0.05) is 12.5 Å². The number of anilines is 1. The highest BCUT2D eigenvalue weighted by molar-refractivity contribution is 6.34. The predicted octanol–water partition coefficient (Wildman–Crippen LogP) is 5.18. The fourth-order valence-corrected chi connectivity index (χ4v) is 4.79. The van der Waals surface area contributed by atoms with E-state index in [1.54, 1.807) is 37.8 Å². The van der Waals surface area contributed by atoms with Gasteiger partial charge in [0.1, 0.15) is 17.7 Å². The summed E-state index contributed by atoms with van der Waals surface area (Å²) in [7, 11) is 0. The van der Waals surface area contributed by atoms with Gasteiger partial charge in [-0.25, -0.2) is 4.79 Å². The van der Waals surface area contributed by atoms with Gasteiger partial charge in [0.15, 0.2) is 0 Å². The number of carbonyl (C=O) groups is 4. The number of carbonyl (C=O) groups excluding carboxylic acids is 4. The van der Waals surface area contributed by atoms with Crippen molar-refractivity contribution in [2.75, 3.05) is 5.32 Å². The van der Waals surface area contributed by atoms with E-state index in [1.807, 2.05) is 44.2 Å². The molecular formula is C30H39ClN4O5. The van der Waals surface area contributed by atoms with Crippen LogP contribution in [0.4, 0.5) is 10.5 Å². The van der Waals surface area contributed by atoms with Gasteiger partial charge in [-0.3, -0.25) is 14.4 Å². The molecule has 216 valence electrons. The van der Waals surface area contributed by atoms with Crippen LogP contribution >= 0.6 is 11.6 Å². The van der Waals surface area contributed by atoms with E-state index < -0.39 is 41.5 Å². The third kappa shape index (κ3) is 8.21. The Morgan fingerprint density at radius 3 is 2.25 bits per heavy atom. The molecule has 2 atom stereocenters. The first kappa shape index (κ1) is 30.9. The lowest BCUT2D eigenvalue weighted by Gasteiger charge is -2.43. The molecule has 1 aliphatic carbocycles. The SMILES string of the molecule is Cc1ccc(C(C(=O)Nc2c(C)cccc2Cl)N(C(=O)C(CCC(N)=O)NC(=O)OC(C)(C)C)C2CCC2)cc1. The molecule has 0 heterocycles. The molecule has 2 aromatic carbocycles. The van der Waals surface area contributed by atoms with Gasteiger partial charge in [0.05, 0.1) is 10.7 Å². The molecule has 0 bridgehead atoms. The molecule has 0 radical (unpaired) electrons. The predicted molar refractivity (Wildman–Crippen MR) is 155 cm³/mol. The molecule has 0 spiro atoms. The van der Waals surface area contributed by atoms with Crippen molar-refractivity contribution in [3.63, 3.8) is 0 Å². The van der Waals surface area contributed by atoms with Crippen LogP contribution in [0.5, 0.6) is 0 Å². The van der Waals surface area contributed by atoms with Crippen LogP contribution in [-0.4, -0.2) is 46.4 Å². The largest absolute Gasteiger partial charge is 0.444 e. The number of nitrogens with two attached hydrogens (primary N) is 1. The zero-order valence-corrected chi connectivity index (χ0v) is 24.5. The lowest BCUT2D eigenvalue weighted by atomic mass is 9.87. The third-order valence-electron chi connectivity index (χ3n) is 6.78. The maximum Gasteiger partial charge on any atom is 0.408 e. The molecule has 4 N–H and O–H groups in total. The molecule has 0 saturated heterocycles. The summed E-state index contributed by atoms with van der Waals surface area (Å²) in [5.74, 6) is -1.54. The number of halogens is 1. The van der Waals surface area contributed by atoms with Gasteiger partial charge in [-0.05, 0) is 77.5 Å². The molecule has 1 fully saturated rings. The summed E-state index contributed by atoms with van der Waals surface area (Å²) in [6, 6.07) is 10.3. The minimum atomic E-state index is -1.13. The Bertz CT molecular complexity index is 1220. The highest BCUT2D eigenvalue weighted by Crippen LogP contribution is 2.36. The number of benzene rings is 2. The quantitative estimate of drug-likeness (QED) is 0.362. The Kier molecular flexibility index (Phi) is 10.2. The second-order valence-corrected chi connectivity index (χ2v) is 11.7. The van der Waals surface area contributed by atoms with E-state index in [0.29, 0.717) is 29.1 Å². The number of nitrogens with one attached hydrogen (secondary N) is 2. The van der Waals surface area contributed by atoms with Crippen LogP contribution < -0.4 is 16.4 Å². The maximum absolute atomic E-state index is 14.3. The van der Waals surface area contributed by atoms with E-state index in [1.165, 1.54) is 0 Å². The minimum Gasteiger partial charge on any atom is -0.444 e.